The van der Waals surface area contributed by atoms with Gasteiger partial charge in [-0.1, -0.05) is 0 Å². The van der Waals surface area contributed by atoms with Gasteiger partial charge < -0.3 is 5.11 Å². The van der Waals surface area contributed by atoms with E-state index in [1.807, 2.05) is 6.07 Å². The van der Waals surface area contributed by atoms with E-state index >= 15 is 0 Å². The summed E-state index contributed by atoms with van der Waals surface area (Å²) in [6, 6.07) is 1.98. The quantitative estimate of drug-likeness (QED) is 0.654. The Morgan fingerprint density at radius 1 is 1.80 bits per heavy atom. The van der Waals surface area contributed by atoms with Crippen LogP contribution in [0.3, 0.4) is 0 Å². The van der Waals surface area contributed by atoms with Gasteiger partial charge in [0.15, 0.2) is 0 Å². The summed E-state index contributed by atoms with van der Waals surface area (Å²) >= 11 is 1.79. The average molecular weight is 157 g/mol. The van der Waals surface area contributed by atoms with Gasteiger partial charge in [-0.25, -0.2) is 0 Å². The van der Waals surface area contributed by atoms with Crippen molar-refractivity contribution in [2.75, 3.05) is 5.75 Å². The lowest BCUT2D eigenvalue weighted by Gasteiger charge is -2.12. The Labute approximate surface area is 65.2 Å². The minimum Gasteiger partial charge on any atom is -0.391 e. The number of hydrogen-bond acceptors (Lipinski definition) is 3. The molecule has 0 aromatic rings. The molecule has 2 nitrogen and oxygen atoms in total. The van der Waals surface area contributed by atoms with E-state index in [0.717, 1.165) is 12.2 Å². The van der Waals surface area contributed by atoms with Gasteiger partial charge >= 0.3 is 0 Å². The molecule has 2 unspecified atom stereocenters. The van der Waals surface area contributed by atoms with Crippen molar-refractivity contribution in [3.63, 3.8) is 0 Å². The SMILES string of the molecule is N#CCC(O)C1CCCS1. The molecular weight excluding hydrogens is 146 g/mol. The summed E-state index contributed by atoms with van der Waals surface area (Å²) in [7, 11) is 0. The minimum absolute atomic E-state index is 0.289. The molecule has 1 aliphatic rings. The van der Waals surface area contributed by atoms with Gasteiger partial charge in [0.2, 0.25) is 0 Å². The number of aliphatic hydroxyl groups is 1. The van der Waals surface area contributed by atoms with Crippen LogP contribution in [0, 0.1) is 11.3 Å². The normalized spacial score (nSPS) is 27.8. The Balaban J connectivity index is 2.26. The molecule has 3 heteroatoms. The second-order valence-corrected chi connectivity index (χ2v) is 3.83. The lowest BCUT2D eigenvalue weighted by atomic mass is 10.1. The zero-order valence-electron chi connectivity index (χ0n) is 5.79. The van der Waals surface area contributed by atoms with E-state index in [1.165, 1.54) is 6.42 Å². The third kappa shape index (κ3) is 1.89. The fraction of sp³-hybridized carbons (Fsp3) is 0.857. The summed E-state index contributed by atoms with van der Waals surface area (Å²) in [6.07, 6.45) is 2.17. The van der Waals surface area contributed by atoms with Crippen molar-refractivity contribution in [2.24, 2.45) is 0 Å². The molecular formula is C7H11NOS. The van der Waals surface area contributed by atoms with Crippen LogP contribution in [0.15, 0.2) is 0 Å². The van der Waals surface area contributed by atoms with E-state index in [0.29, 0.717) is 5.25 Å². The Morgan fingerprint density at radius 2 is 2.60 bits per heavy atom. The number of aliphatic hydroxyl groups excluding tert-OH is 1. The van der Waals surface area contributed by atoms with Crippen LogP contribution in [0.2, 0.25) is 0 Å². The highest BCUT2D eigenvalue weighted by Gasteiger charge is 2.22. The molecule has 10 heavy (non-hydrogen) atoms. The van der Waals surface area contributed by atoms with Crippen LogP contribution in [0.1, 0.15) is 19.3 Å². The van der Waals surface area contributed by atoms with Crippen molar-refractivity contribution < 1.29 is 5.11 Å². The summed E-state index contributed by atoms with van der Waals surface area (Å²) in [6.45, 7) is 0. The fourth-order valence-electron chi connectivity index (χ4n) is 1.13. The number of thioether (sulfide) groups is 1. The third-order valence-electron chi connectivity index (χ3n) is 1.69. The molecule has 0 spiro atoms. The molecule has 0 aliphatic carbocycles. The van der Waals surface area contributed by atoms with Crippen molar-refractivity contribution in [1.29, 1.82) is 5.26 Å². The second-order valence-electron chi connectivity index (χ2n) is 2.48. The molecule has 0 aromatic carbocycles. The number of hydrogen-bond donors (Lipinski definition) is 1. The molecule has 1 aliphatic heterocycles. The van der Waals surface area contributed by atoms with E-state index in [1.54, 1.807) is 11.8 Å². The zero-order valence-corrected chi connectivity index (χ0v) is 6.60. The highest BCUT2D eigenvalue weighted by atomic mass is 32.2. The first kappa shape index (κ1) is 7.90. The summed E-state index contributed by atoms with van der Waals surface area (Å²) in [5.74, 6) is 1.15. The first-order chi connectivity index (χ1) is 4.84. The zero-order chi connectivity index (χ0) is 7.40. The highest BCUT2D eigenvalue weighted by molar-refractivity contribution is 8.00. The van der Waals surface area contributed by atoms with Crippen LogP contribution in [0.25, 0.3) is 0 Å². The maximum Gasteiger partial charge on any atom is 0.0788 e. The first-order valence-corrected chi connectivity index (χ1v) is 4.56. The molecule has 0 bridgehead atoms. The van der Waals surface area contributed by atoms with Crippen molar-refractivity contribution in [3.05, 3.63) is 0 Å². The van der Waals surface area contributed by atoms with Crippen LogP contribution in [-0.4, -0.2) is 22.2 Å². The van der Waals surface area contributed by atoms with Gasteiger partial charge in [0.25, 0.3) is 0 Å². The van der Waals surface area contributed by atoms with Crippen LogP contribution < -0.4 is 0 Å². The van der Waals surface area contributed by atoms with Crippen molar-refractivity contribution >= 4 is 11.8 Å². The number of rotatable bonds is 2. The smallest absolute Gasteiger partial charge is 0.0788 e. The fourth-order valence-corrected chi connectivity index (χ4v) is 2.42. The van der Waals surface area contributed by atoms with Gasteiger partial charge in [-0.3, -0.25) is 0 Å². The molecule has 56 valence electrons. The van der Waals surface area contributed by atoms with Crippen molar-refractivity contribution in [1.82, 2.24) is 0 Å². The molecule has 1 N–H and O–H groups in total. The maximum atomic E-state index is 9.31. The van der Waals surface area contributed by atoms with Gasteiger partial charge in [-0.05, 0) is 18.6 Å². The lowest BCUT2D eigenvalue weighted by Crippen LogP contribution is -2.19. The lowest BCUT2D eigenvalue weighted by molar-refractivity contribution is 0.175. The van der Waals surface area contributed by atoms with Crippen LogP contribution in [0.4, 0.5) is 0 Å². The van der Waals surface area contributed by atoms with E-state index < -0.39 is 6.10 Å². The molecule has 1 heterocycles. The second kappa shape index (κ2) is 3.85. The van der Waals surface area contributed by atoms with Crippen molar-refractivity contribution in [2.45, 2.75) is 30.6 Å². The van der Waals surface area contributed by atoms with E-state index in [9.17, 15) is 5.11 Å². The Kier molecular flexibility index (Phi) is 3.04. The van der Waals surface area contributed by atoms with Crippen LogP contribution in [0.5, 0.6) is 0 Å². The predicted octanol–water partition coefficient (Wildman–Crippen LogP) is 1.16. The van der Waals surface area contributed by atoms with Gasteiger partial charge in [0.1, 0.15) is 0 Å². The molecule has 0 aromatic heterocycles. The monoisotopic (exact) mass is 157 g/mol. The van der Waals surface area contributed by atoms with Gasteiger partial charge in [0.05, 0.1) is 18.6 Å². The molecule has 0 saturated carbocycles. The topological polar surface area (TPSA) is 44.0 Å². The molecule has 1 saturated heterocycles. The van der Waals surface area contributed by atoms with E-state index in [2.05, 4.69) is 0 Å². The number of nitriles is 1. The molecule has 0 radical (unpaired) electrons. The Hall–Kier alpha value is -0.200. The van der Waals surface area contributed by atoms with Crippen molar-refractivity contribution in [3.8, 4) is 6.07 Å². The standard InChI is InChI=1S/C7H11NOS/c8-4-3-6(9)7-2-1-5-10-7/h6-7,9H,1-3,5H2. The average Bonchev–Trinajstić information content (AvgIpc) is 2.38. The van der Waals surface area contributed by atoms with Gasteiger partial charge in [-0.15, -0.1) is 0 Å². The van der Waals surface area contributed by atoms with Gasteiger partial charge in [0, 0.05) is 5.25 Å². The summed E-state index contributed by atoms with van der Waals surface area (Å²) in [5.41, 5.74) is 0. The third-order valence-corrected chi connectivity index (χ3v) is 3.20. The largest absolute Gasteiger partial charge is 0.391 e. The van der Waals surface area contributed by atoms with Crippen LogP contribution >= 0.6 is 11.8 Å². The molecule has 1 fully saturated rings. The summed E-state index contributed by atoms with van der Waals surface area (Å²) in [4.78, 5) is 0. The minimum atomic E-state index is -0.391. The summed E-state index contributed by atoms with van der Waals surface area (Å²) < 4.78 is 0. The number of nitrogens with zero attached hydrogens (tertiary/aromatic N) is 1. The highest BCUT2D eigenvalue weighted by Crippen LogP contribution is 2.29. The summed E-state index contributed by atoms with van der Waals surface area (Å²) in [5, 5.41) is 17.9. The maximum absolute atomic E-state index is 9.31. The Bertz CT molecular complexity index is 137. The van der Waals surface area contributed by atoms with E-state index in [4.69, 9.17) is 5.26 Å². The van der Waals surface area contributed by atoms with Gasteiger partial charge in [-0.2, -0.15) is 17.0 Å². The Morgan fingerprint density at radius 3 is 3.10 bits per heavy atom. The molecule has 0 amide bonds. The molecule has 2 atom stereocenters. The van der Waals surface area contributed by atoms with Crippen LogP contribution in [-0.2, 0) is 0 Å². The van der Waals surface area contributed by atoms with E-state index in [-0.39, 0.29) is 6.42 Å². The molecule has 1 rings (SSSR count). The first-order valence-electron chi connectivity index (χ1n) is 3.51. The predicted molar refractivity (Wildman–Crippen MR) is 41.7 cm³/mol.